The van der Waals surface area contributed by atoms with Crippen LogP contribution in [0.4, 0.5) is 21.6 Å². The molecule has 5 rings (SSSR count). The van der Waals surface area contributed by atoms with Crippen molar-refractivity contribution in [3.05, 3.63) is 59.7 Å². The van der Waals surface area contributed by atoms with Gasteiger partial charge in [-0.15, -0.1) is 0 Å². The number of cyclic esters (lactones) is 1. The third-order valence-electron chi connectivity index (χ3n) is 6.45. The second kappa shape index (κ2) is 11.3. The van der Waals surface area contributed by atoms with Crippen LogP contribution in [0.25, 0.3) is 10.9 Å². The second-order valence-electron chi connectivity index (χ2n) is 9.40. The molecule has 1 saturated carbocycles. The first-order valence-corrected chi connectivity index (χ1v) is 12.7. The molecule has 1 atom stereocenters. The fourth-order valence-electron chi connectivity index (χ4n) is 4.12. The highest BCUT2D eigenvalue weighted by Crippen LogP contribution is 2.36. The van der Waals surface area contributed by atoms with Crippen LogP contribution in [-0.4, -0.2) is 59.6 Å². The monoisotopic (exact) mass is 539 g/mol. The van der Waals surface area contributed by atoms with E-state index in [2.05, 4.69) is 20.6 Å². The van der Waals surface area contributed by atoms with Crippen molar-refractivity contribution in [1.29, 1.82) is 0 Å². The highest BCUT2D eigenvalue weighted by atomic mass is 35.5. The number of rotatable bonds is 10. The van der Waals surface area contributed by atoms with E-state index >= 15 is 0 Å². The molecule has 1 aliphatic heterocycles. The van der Waals surface area contributed by atoms with Gasteiger partial charge in [-0.3, -0.25) is 14.5 Å². The van der Waals surface area contributed by atoms with Crippen LogP contribution in [0.2, 0.25) is 5.02 Å². The Bertz CT molecular complexity index is 1400. The van der Waals surface area contributed by atoms with Crippen LogP contribution in [0.15, 0.2) is 48.8 Å². The van der Waals surface area contributed by atoms with E-state index in [1.165, 1.54) is 24.5 Å². The summed E-state index contributed by atoms with van der Waals surface area (Å²) in [7, 11) is 1.81. The Morgan fingerprint density at radius 2 is 2.11 bits per heavy atom. The lowest BCUT2D eigenvalue weighted by Gasteiger charge is -2.18. The number of anilines is 3. The number of halogens is 2. The van der Waals surface area contributed by atoms with E-state index in [4.69, 9.17) is 21.1 Å². The van der Waals surface area contributed by atoms with E-state index in [0.29, 0.717) is 65.9 Å². The van der Waals surface area contributed by atoms with Gasteiger partial charge in [-0.25, -0.2) is 14.4 Å². The first-order valence-electron chi connectivity index (χ1n) is 12.4. The molecular formula is C27H27ClFN5O4. The van der Waals surface area contributed by atoms with Gasteiger partial charge in [0.15, 0.2) is 0 Å². The molecule has 9 nitrogen and oxygen atoms in total. The van der Waals surface area contributed by atoms with Gasteiger partial charge in [-0.1, -0.05) is 17.7 Å². The summed E-state index contributed by atoms with van der Waals surface area (Å²) in [6.45, 7) is 1.38. The molecule has 0 spiro atoms. The quantitative estimate of drug-likeness (QED) is 0.282. The normalized spacial score (nSPS) is 17.3. The SMILES string of the molecule is CN(CC=CC(=O)Nc1cc2c(Nc3ccc(F)c(Cl)c3)ncnc2cc1OCC1CC1)C1CCOC1=O. The molecule has 2 N–H and O–H groups in total. The smallest absolute Gasteiger partial charge is 0.323 e. The van der Waals surface area contributed by atoms with Crippen LogP contribution < -0.4 is 15.4 Å². The lowest BCUT2D eigenvalue weighted by Crippen LogP contribution is -2.35. The molecule has 0 bridgehead atoms. The van der Waals surface area contributed by atoms with Crippen LogP contribution in [0.5, 0.6) is 5.75 Å². The Labute approximate surface area is 224 Å². The van der Waals surface area contributed by atoms with Crippen molar-refractivity contribution in [3.63, 3.8) is 0 Å². The van der Waals surface area contributed by atoms with Gasteiger partial charge in [0.05, 0.1) is 29.4 Å². The summed E-state index contributed by atoms with van der Waals surface area (Å²) in [5.74, 6) is 0.370. The molecule has 1 aromatic heterocycles. The summed E-state index contributed by atoms with van der Waals surface area (Å²) >= 11 is 5.93. The number of nitrogens with zero attached hydrogens (tertiary/aromatic N) is 3. The average molecular weight is 540 g/mol. The van der Waals surface area contributed by atoms with E-state index in [-0.39, 0.29) is 22.9 Å². The highest BCUT2D eigenvalue weighted by Gasteiger charge is 2.29. The molecule has 198 valence electrons. The molecular weight excluding hydrogens is 513 g/mol. The number of ether oxygens (including phenoxy) is 2. The number of benzene rings is 2. The van der Waals surface area contributed by atoms with Crippen molar-refractivity contribution < 1.29 is 23.5 Å². The number of carbonyl (C=O) groups excluding carboxylic acids is 2. The van der Waals surface area contributed by atoms with Gasteiger partial charge in [0.1, 0.15) is 29.8 Å². The molecule has 11 heteroatoms. The highest BCUT2D eigenvalue weighted by molar-refractivity contribution is 6.31. The first-order chi connectivity index (χ1) is 18.4. The van der Waals surface area contributed by atoms with Gasteiger partial charge >= 0.3 is 5.97 Å². The molecule has 2 heterocycles. The molecule has 38 heavy (non-hydrogen) atoms. The number of fused-ring (bicyclic) bond motifs is 1. The molecule has 1 amide bonds. The molecule has 3 aromatic rings. The minimum absolute atomic E-state index is 0.0145. The Balaban J connectivity index is 1.36. The average Bonchev–Trinajstić information content (AvgIpc) is 3.63. The van der Waals surface area contributed by atoms with Gasteiger partial charge in [0, 0.05) is 36.2 Å². The summed E-state index contributed by atoms with van der Waals surface area (Å²) in [6.07, 6.45) is 7.41. The number of nitrogens with one attached hydrogen (secondary N) is 2. The predicted molar refractivity (Wildman–Crippen MR) is 142 cm³/mol. The van der Waals surface area contributed by atoms with Crippen LogP contribution in [0.1, 0.15) is 19.3 Å². The van der Waals surface area contributed by atoms with Crippen LogP contribution in [-0.2, 0) is 14.3 Å². The van der Waals surface area contributed by atoms with E-state index < -0.39 is 5.82 Å². The third kappa shape index (κ3) is 6.20. The number of hydrogen-bond acceptors (Lipinski definition) is 8. The molecule has 2 aromatic carbocycles. The number of aromatic nitrogens is 2. The first kappa shape index (κ1) is 25.9. The van der Waals surface area contributed by atoms with Crippen molar-refractivity contribution in [3.8, 4) is 5.75 Å². The third-order valence-corrected chi connectivity index (χ3v) is 6.74. The summed E-state index contributed by atoms with van der Waals surface area (Å²) in [4.78, 5) is 35.1. The zero-order chi connectivity index (χ0) is 26.6. The minimum atomic E-state index is -0.519. The van der Waals surface area contributed by atoms with Crippen molar-refractivity contribution in [2.24, 2.45) is 5.92 Å². The van der Waals surface area contributed by atoms with Crippen LogP contribution in [0.3, 0.4) is 0 Å². The number of likely N-dealkylation sites (N-methyl/N-ethyl adjacent to an activating group) is 1. The lowest BCUT2D eigenvalue weighted by molar-refractivity contribution is -0.141. The Morgan fingerprint density at radius 1 is 1.26 bits per heavy atom. The zero-order valence-corrected chi connectivity index (χ0v) is 21.5. The number of esters is 1. The summed E-state index contributed by atoms with van der Waals surface area (Å²) in [6, 6.07) is 7.50. The van der Waals surface area contributed by atoms with Crippen molar-refractivity contribution in [2.75, 3.05) is 37.4 Å². The molecule has 1 aliphatic carbocycles. The standard InChI is InChI=1S/C27H27ClFN5O4/c1-34(23-8-10-37-27(23)36)9-2-3-25(35)33-22-12-18-21(13-24(22)38-14-16-4-5-16)30-15-31-26(18)32-17-6-7-20(29)19(28)11-17/h2-3,6-7,11-13,15-16,23H,4-5,8-10,14H2,1H3,(H,33,35)(H,30,31,32). The molecule has 0 radical (unpaired) electrons. The van der Waals surface area contributed by atoms with Gasteiger partial charge in [0.25, 0.3) is 0 Å². The topological polar surface area (TPSA) is 106 Å². The van der Waals surface area contributed by atoms with Crippen LogP contribution in [0, 0.1) is 11.7 Å². The van der Waals surface area contributed by atoms with E-state index in [1.54, 1.807) is 24.3 Å². The predicted octanol–water partition coefficient (Wildman–Crippen LogP) is 4.70. The van der Waals surface area contributed by atoms with Crippen molar-refractivity contribution >= 4 is 51.6 Å². The van der Waals surface area contributed by atoms with Gasteiger partial charge in [0.2, 0.25) is 5.91 Å². The van der Waals surface area contributed by atoms with Crippen molar-refractivity contribution in [2.45, 2.75) is 25.3 Å². The molecule has 2 fully saturated rings. The molecule has 1 unspecified atom stereocenters. The molecule has 2 aliphatic rings. The van der Waals surface area contributed by atoms with Crippen LogP contribution >= 0.6 is 11.6 Å². The van der Waals surface area contributed by atoms with Gasteiger partial charge in [-0.2, -0.15) is 0 Å². The number of carbonyl (C=O) groups is 2. The van der Waals surface area contributed by atoms with Gasteiger partial charge < -0.3 is 20.1 Å². The fraction of sp³-hybridized carbons (Fsp3) is 0.333. The summed E-state index contributed by atoms with van der Waals surface area (Å²) in [5, 5.41) is 6.65. The van der Waals surface area contributed by atoms with E-state index in [1.807, 2.05) is 11.9 Å². The Hall–Kier alpha value is -3.76. The van der Waals surface area contributed by atoms with Gasteiger partial charge in [-0.05, 0) is 50.1 Å². The maximum Gasteiger partial charge on any atom is 0.323 e. The van der Waals surface area contributed by atoms with E-state index in [0.717, 1.165) is 12.8 Å². The number of hydrogen-bond donors (Lipinski definition) is 2. The van der Waals surface area contributed by atoms with E-state index in [9.17, 15) is 14.0 Å². The Kier molecular flexibility index (Phi) is 7.71. The largest absolute Gasteiger partial charge is 0.491 e. The maximum atomic E-state index is 13.6. The van der Waals surface area contributed by atoms with Crippen molar-refractivity contribution in [1.82, 2.24) is 14.9 Å². The minimum Gasteiger partial charge on any atom is -0.491 e. The Morgan fingerprint density at radius 3 is 2.84 bits per heavy atom. The number of amides is 1. The zero-order valence-electron chi connectivity index (χ0n) is 20.7. The lowest BCUT2D eigenvalue weighted by atomic mass is 10.1. The maximum absolute atomic E-state index is 13.6. The summed E-state index contributed by atoms with van der Waals surface area (Å²) < 4.78 is 24.7. The summed E-state index contributed by atoms with van der Waals surface area (Å²) in [5.41, 5.74) is 1.63. The molecule has 1 saturated heterocycles. The fourth-order valence-corrected chi connectivity index (χ4v) is 4.30. The second-order valence-corrected chi connectivity index (χ2v) is 9.81.